The highest BCUT2D eigenvalue weighted by molar-refractivity contribution is 5.91. The second-order valence-corrected chi connectivity index (χ2v) is 5.71. The van der Waals surface area contributed by atoms with E-state index in [2.05, 4.69) is 5.32 Å². The predicted octanol–water partition coefficient (Wildman–Crippen LogP) is -0.337. The van der Waals surface area contributed by atoms with E-state index in [0.29, 0.717) is 13.0 Å². The minimum atomic E-state index is -0.987. The lowest BCUT2D eigenvalue weighted by molar-refractivity contribution is -0.144. The zero-order chi connectivity index (χ0) is 15.4. The molecule has 0 unspecified atom stereocenters. The first-order chi connectivity index (χ1) is 10.0. The van der Waals surface area contributed by atoms with Gasteiger partial charge in [0.25, 0.3) is 0 Å². The van der Waals surface area contributed by atoms with Crippen LogP contribution in [0.4, 0.5) is 0 Å². The molecule has 21 heavy (non-hydrogen) atoms. The van der Waals surface area contributed by atoms with Crippen molar-refractivity contribution >= 4 is 17.8 Å². The third-order valence-corrected chi connectivity index (χ3v) is 4.23. The van der Waals surface area contributed by atoms with Gasteiger partial charge in [0.05, 0.1) is 12.6 Å². The Kier molecular flexibility index (Phi) is 5.17. The van der Waals surface area contributed by atoms with Gasteiger partial charge in [-0.3, -0.25) is 19.7 Å². The molecule has 0 aliphatic carbocycles. The van der Waals surface area contributed by atoms with E-state index in [1.807, 2.05) is 4.90 Å². The van der Waals surface area contributed by atoms with Crippen molar-refractivity contribution in [3.05, 3.63) is 0 Å². The topological polar surface area (TPSA) is 90.0 Å². The lowest BCUT2D eigenvalue weighted by Gasteiger charge is -2.32. The monoisotopic (exact) mass is 297 g/mol. The van der Waals surface area contributed by atoms with E-state index in [4.69, 9.17) is 5.11 Å². The van der Waals surface area contributed by atoms with E-state index < -0.39 is 18.1 Å². The minimum absolute atomic E-state index is 0.00179. The second kappa shape index (κ2) is 6.89. The van der Waals surface area contributed by atoms with E-state index in [1.165, 1.54) is 0 Å². The SMILES string of the molecule is C[C@@H](C(=O)N1CCCCC1)N1CC[C@H](NCC(=O)O)C1=O. The van der Waals surface area contributed by atoms with Gasteiger partial charge in [0.2, 0.25) is 11.8 Å². The van der Waals surface area contributed by atoms with E-state index in [-0.39, 0.29) is 18.4 Å². The van der Waals surface area contributed by atoms with Crippen LogP contribution in [0.25, 0.3) is 0 Å². The molecule has 2 atom stereocenters. The Bertz CT molecular complexity index is 420. The van der Waals surface area contributed by atoms with Crippen LogP contribution < -0.4 is 5.32 Å². The van der Waals surface area contributed by atoms with Crippen LogP contribution in [-0.2, 0) is 14.4 Å². The first kappa shape index (κ1) is 15.8. The molecule has 2 saturated heterocycles. The van der Waals surface area contributed by atoms with Crippen molar-refractivity contribution in [1.82, 2.24) is 15.1 Å². The number of aliphatic carboxylic acids is 1. The number of carbonyl (C=O) groups excluding carboxylic acids is 2. The van der Waals surface area contributed by atoms with Gasteiger partial charge in [-0.2, -0.15) is 0 Å². The Hall–Kier alpha value is -1.63. The molecule has 2 aliphatic rings. The maximum atomic E-state index is 12.4. The summed E-state index contributed by atoms with van der Waals surface area (Å²) in [6.45, 7) is 3.56. The number of carbonyl (C=O) groups is 3. The Balaban J connectivity index is 1.90. The largest absolute Gasteiger partial charge is 0.480 e. The van der Waals surface area contributed by atoms with Crippen molar-refractivity contribution in [2.24, 2.45) is 0 Å². The quantitative estimate of drug-likeness (QED) is 0.725. The van der Waals surface area contributed by atoms with Crippen LogP contribution in [0, 0.1) is 0 Å². The first-order valence-electron chi connectivity index (χ1n) is 7.55. The molecule has 0 aromatic carbocycles. The molecule has 0 radical (unpaired) electrons. The molecule has 0 aromatic rings. The fraction of sp³-hybridized carbons (Fsp3) is 0.786. The highest BCUT2D eigenvalue weighted by atomic mass is 16.4. The summed E-state index contributed by atoms with van der Waals surface area (Å²) in [5.74, 6) is -1.16. The van der Waals surface area contributed by atoms with Crippen molar-refractivity contribution in [2.45, 2.75) is 44.7 Å². The fourth-order valence-electron chi connectivity index (χ4n) is 3.00. The summed E-state index contributed by atoms with van der Waals surface area (Å²) in [6, 6.07) is -0.954. The number of piperidine rings is 1. The first-order valence-corrected chi connectivity index (χ1v) is 7.55. The molecule has 7 nitrogen and oxygen atoms in total. The number of nitrogens with zero attached hydrogens (tertiary/aromatic N) is 2. The zero-order valence-corrected chi connectivity index (χ0v) is 12.4. The average Bonchev–Trinajstić information content (AvgIpc) is 2.85. The predicted molar refractivity (Wildman–Crippen MR) is 75.6 cm³/mol. The molecule has 0 aromatic heterocycles. The summed E-state index contributed by atoms with van der Waals surface area (Å²) < 4.78 is 0. The van der Waals surface area contributed by atoms with Crippen LogP contribution in [0.15, 0.2) is 0 Å². The third-order valence-electron chi connectivity index (χ3n) is 4.23. The van der Waals surface area contributed by atoms with Crippen LogP contribution in [0.5, 0.6) is 0 Å². The number of carboxylic acids is 1. The molecule has 2 aliphatic heterocycles. The number of hydrogen-bond donors (Lipinski definition) is 2. The Morgan fingerprint density at radius 1 is 1.29 bits per heavy atom. The van der Waals surface area contributed by atoms with Gasteiger partial charge in [0, 0.05) is 19.6 Å². The van der Waals surface area contributed by atoms with Gasteiger partial charge in [-0.15, -0.1) is 0 Å². The Labute approximate surface area is 124 Å². The molecule has 2 N–H and O–H groups in total. The van der Waals surface area contributed by atoms with E-state index >= 15 is 0 Å². The lowest BCUT2D eigenvalue weighted by Crippen LogP contribution is -2.51. The Morgan fingerprint density at radius 3 is 2.57 bits per heavy atom. The number of carboxylic acid groups (broad SMARTS) is 1. The van der Waals surface area contributed by atoms with E-state index in [0.717, 1.165) is 32.4 Å². The van der Waals surface area contributed by atoms with Crippen LogP contribution in [0.3, 0.4) is 0 Å². The molecule has 0 saturated carbocycles. The third kappa shape index (κ3) is 3.72. The van der Waals surface area contributed by atoms with Gasteiger partial charge < -0.3 is 14.9 Å². The number of nitrogens with one attached hydrogen (secondary N) is 1. The van der Waals surface area contributed by atoms with Gasteiger partial charge >= 0.3 is 5.97 Å². The van der Waals surface area contributed by atoms with Crippen molar-refractivity contribution in [3.63, 3.8) is 0 Å². The minimum Gasteiger partial charge on any atom is -0.480 e. The van der Waals surface area contributed by atoms with Crippen LogP contribution in [0.2, 0.25) is 0 Å². The fourth-order valence-corrected chi connectivity index (χ4v) is 3.00. The number of likely N-dealkylation sites (tertiary alicyclic amines) is 2. The smallest absolute Gasteiger partial charge is 0.317 e. The maximum Gasteiger partial charge on any atom is 0.317 e. The van der Waals surface area contributed by atoms with Gasteiger partial charge in [0.1, 0.15) is 6.04 Å². The van der Waals surface area contributed by atoms with E-state index in [1.54, 1.807) is 11.8 Å². The van der Waals surface area contributed by atoms with Gasteiger partial charge in [-0.05, 0) is 32.6 Å². The molecule has 2 fully saturated rings. The number of amides is 2. The summed E-state index contributed by atoms with van der Waals surface area (Å²) in [7, 11) is 0. The lowest BCUT2D eigenvalue weighted by atomic mass is 10.1. The molecule has 7 heteroatoms. The molecule has 2 amide bonds. The van der Waals surface area contributed by atoms with Gasteiger partial charge in [0.15, 0.2) is 0 Å². The summed E-state index contributed by atoms with van der Waals surface area (Å²) in [5, 5.41) is 11.4. The van der Waals surface area contributed by atoms with Gasteiger partial charge in [-0.1, -0.05) is 0 Å². The Morgan fingerprint density at radius 2 is 1.95 bits per heavy atom. The average molecular weight is 297 g/mol. The normalized spacial score (nSPS) is 24.2. The van der Waals surface area contributed by atoms with E-state index in [9.17, 15) is 14.4 Å². The molecule has 0 spiro atoms. The molecule has 2 rings (SSSR count). The molecule has 0 bridgehead atoms. The van der Waals surface area contributed by atoms with Crippen LogP contribution in [-0.4, -0.2) is 71.0 Å². The highest BCUT2D eigenvalue weighted by Crippen LogP contribution is 2.18. The van der Waals surface area contributed by atoms with Crippen LogP contribution >= 0.6 is 0 Å². The highest BCUT2D eigenvalue weighted by Gasteiger charge is 2.38. The number of rotatable bonds is 5. The molecule has 118 valence electrons. The zero-order valence-electron chi connectivity index (χ0n) is 12.4. The van der Waals surface area contributed by atoms with Crippen molar-refractivity contribution < 1.29 is 19.5 Å². The standard InChI is InChI=1S/C14H23N3O4/c1-10(13(20)16-6-3-2-4-7-16)17-8-5-11(14(17)21)15-9-12(18)19/h10-11,15H,2-9H2,1H3,(H,18,19)/t10-,11-/m0/s1. The summed E-state index contributed by atoms with van der Waals surface area (Å²) in [6.07, 6.45) is 3.75. The second-order valence-electron chi connectivity index (χ2n) is 5.71. The van der Waals surface area contributed by atoms with Gasteiger partial charge in [-0.25, -0.2) is 0 Å². The van der Waals surface area contributed by atoms with Crippen LogP contribution in [0.1, 0.15) is 32.6 Å². The summed E-state index contributed by atoms with van der Waals surface area (Å²) in [5.41, 5.74) is 0. The van der Waals surface area contributed by atoms with Crippen molar-refractivity contribution in [3.8, 4) is 0 Å². The summed E-state index contributed by atoms with van der Waals surface area (Å²) in [4.78, 5) is 38.6. The van der Waals surface area contributed by atoms with Crippen molar-refractivity contribution in [1.29, 1.82) is 0 Å². The molecular formula is C14H23N3O4. The number of hydrogen-bond acceptors (Lipinski definition) is 4. The maximum absolute atomic E-state index is 12.4. The summed E-state index contributed by atoms with van der Waals surface area (Å²) >= 11 is 0. The van der Waals surface area contributed by atoms with Crippen molar-refractivity contribution in [2.75, 3.05) is 26.2 Å². The molecular weight excluding hydrogens is 274 g/mol. The molecule has 2 heterocycles.